The fourth-order valence-corrected chi connectivity index (χ4v) is 3.29. The van der Waals surface area contributed by atoms with Crippen molar-refractivity contribution in [2.45, 2.75) is 13.0 Å². The van der Waals surface area contributed by atoms with Gasteiger partial charge in [-0.25, -0.2) is 9.97 Å². The van der Waals surface area contributed by atoms with Crippen LogP contribution in [0.15, 0.2) is 91.3 Å². The third-order valence-electron chi connectivity index (χ3n) is 5.04. The molecule has 0 spiro atoms. The molecule has 0 aliphatic rings. The van der Waals surface area contributed by atoms with Gasteiger partial charge in [0.1, 0.15) is 12.0 Å². The lowest BCUT2D eigenvalue weighted by Gasteiger charge is -2.22. The zero-order valence-corrected chi connectivity index (χ0v) is 17.6. The van der Waals surface area contributed by atoms with Crippen LogP contribution in [-0.2, 0) is 0 Å². The molecule has 160 valence electrons. The second kappa shape index (κ2) is 9.61. The quantitative estimate of drug-likeness (QED) is 0.329. The fraction of sp³-hybridized carbons (Fsp3) is 0.0800. The molecule has 0 atom stereocenters. The summed E-state index contributed by atoms with van der Waals surface area (Å²) in [5.41, 5.74) is 15.8. The normalized spacial score (nSPS) is 10.6. The van der Waals surface area contributed by atoms with Crippen LogP contribution in [0.4, 0.5) is 17.3 Å². The number of benzene rings is 3. The number of anilines is 3. The van der Waals surface area contributed by atoms with Gasteiger partial charge in [-0.1, -0.05) is 78.4 Å². The van der Waals surface area contributed by atoms with E-state index >= 15 is 0 Å². The van der Waals surface area contributed by atoms with E-state index in [4.69, 9.17) is 5.73 Å². The minimum absolute atomic E-state index is 0.162. The lowest BCUT2D eigenvalue weighted by molar-refractivity contribution is 0.0962. The molecule has 3 aromatic carbocycles. The Kier molecular flexibility index (Phi) is 6.27. The molecule has 0 radical (unpaired) electrons. The summed E-state index contributed by atoms with van der Waals surface area (Å²) in [6, 6.07) is 27.2. The van der Waals surface area contributed by atoms with Gasteiger partial charge in [0.05, 0.1) is 6.04 Å². The Morgan fingerprint density at radius 2 is 1.38 bits per heavy atom. The molecule has 0 bridgehead atoms. The van der Waals surface area contributed by atoms with Crippen LogP contribution in [0.3, 0.4) is 0 Å². The number of rotatable bonds is 7. The molecule has 4 rings (SSSR count). The number of nitrogens with one attached hydrogen (secondary N) is 3. The van der Waals surface area contributed by atoms with Crippen molar-refractivity contribution < 1.29 is 4.79 Å². The number of nitrogens with zero attached hydrogens (tertiary/aromatic N) is 2. The number of hydrogen-bond acceptors (Lipinski definition) is 6. The Balaban J connectivity index is 1.54. The topological polar surface area (TPSA) is 105 Å². The van der Waals surface area contributed by atoms with E-state index in [0.717, 1.165) is 16.7 Å². The SMILES string of the molecule is Cc1ccc(C(=O)NNc2ncnc(NC(c3ccccc3)c3ccccc3)c2N)cc1. The second-order valence-corrected chi connectivity index (χ2v) is 7.33. The van der Waals surface area contributed by atoms with E-state index in [9.17, 15) is 4.79 Å². The number of nitrogens with two attached hydrogens (primary N) is 1. The molecule has 0 aliphatic carbocycles. The minimum Gasteiger partial charge on any atom is -0.393 e. The monoisotopic (exact) mass is 424 g/mol. The molecule has 0 saturated heterocycles. The summed E-state index contributed by atoms with van der Waals surface area (Å²) < 4.78 is 0. The highest BCUT2D eigenvalue weighted by Crippen LogP contribution is 2.30. The third kappa shape index (κ3) is 4.84. The van der Waals surface area contributed by atoms with Crippen molar-refractivity contribution in [1.82, 2.24) is 15.4 Å². The summed E-state index contributed by atoms with van der Waals surface area (Å²) >= 11 is 0. The van der Waals surface area contributed by atoms with E-state index in [2.05, 4.69) is 26.1 Å². The van der Waals surface area contributed by atoms with Gasteiger partial charge >= 0.3 is 0 Å². The fourth-order valence-electron chi connectivity index (χ4n) is 3.29. The average Bonchev–Trinajstić information content (AvgIpc) is 2.84. The summed E-state index contributed by atoms with van der Waals surface area (Å²) in [5, 5.41) is 3.42. The molecule has 7 nitrogen and oxygen atoms in total. The number of aryl methyl sites for hydroxylation is 1. The lowest BCUT2D eigenvalue weighted by atomic mass is 9.99. The van der Waals surface area contributed by atoms with Gasteiger partial charge in [-0.05, 0) is 30.2 Å². The Morgan fingerprint density at radius 1 is 0.812 bits per heavy atom. The van der Waals surface area contributed by atoms with E-state index in [1.54, 1.807) is 12.1 Å². The number of hydrogen-bond donors (Lipinski definition) is 4. The number of nitrogen functional groups attached to an aromatic ring is 1. The zero-order chi connectivity index (χ0) is 22.3. The maximum atomic E-state index is 12.4. The maximum absolute atomic E-state index is 12.4. The van der Waals surface area contributed by atoms with Crippen LogP contribution in [0.1, 0.15) is 33.1 Å². The van der Waals surface area contributed by atoms with Gasteiger partial charge < -0.3 is 11.1 Å². The van der Waals surface area contributed by atoms with Crippen molar-refractivity contribution in [2.75, 3.05) is 16.5 Å². The number of carbonyl (C=O) groups excluding carboxylic acids is 1. The van der Waals surface area contributed by atoms with Gasteiger partial charge in [0.25, 0.3) is 5.91 Å². The smallest absolute Gasteiger partial charge is 0.269 e. The van der Waals surface area contributed by atoms with Gasteiger partial charge in [-0.15, -0.1) is 0 Å². The summed E-state index contributed by atoms with van der Waals surface area (Å²) in [4.78, 5) is 20.9. The first-order valence-corrected chi connectivity index (χ1v) is 10.2. The van der Waals surface area contributed by atoms with Crippen molar-refractivity contribution in [3.8, 4) is 0 Å². The number of amides is 1. The van der Waals surface area contributed by atoms with E-state index in [1.165, 1.54) is 6.33 Å². The third-order valence-corrected chi connectivity index (χ3v) is 5.04. The van der Waals surface area contributed by atoms with Crippen LogP contribution >= 0.6 is 0 Å². The van der Waals surface area contributed by atoms with Gasteiger partial charge in [-0.3, -0.25) is 15.6 Å². The van der Waals surface area contributed by atoms with E-state index in [1.807, 2.05) is 79.7 Å². The van der Waals surface area contributed by atoms with Crippen LogP contribution in [0, 0.1) is 6.92 Å². The Hall–Kier alpha value is -4.39. The summed E-state index contributed by atoms with van der Waals surface area (Å²) in [7, 11) is 0. The first-order valence-electron chi connectivity index (χ1n) is 10.2. The van der Waals surface area contributed by atoms with Gasteiger partial charge in [0, 0.05) is 5.56 Å². The molecule has 5 N–H and O–H groups in total. The summed E-state index contributed by atoms with van der Waals surface area (Å²) in [6.07, 6.45) is 1.39. The molecule has 4 aromatic rings. The average molecular weight is 425 g/mol. The van der Waals surface area contributed by atoms with Gasteiger partial charge in [0.2, 0.25) is 0 Å². The summed E-state index contributed by atoms with van der Waals surface area (Å²) in [5.74, 6) is 0.483. The van der Waals surface area contributed by atoms with E-state index < -0.39 is 0 Å². The first-order chi connectivity index (χ1) is 15.6. The van der Waals surface area contributed by atoms with Crippen molar-refractivity contribution in [3.63, 3.8) is 0 Å². The maximum Gasteiger partial charge on any atom is 0.269 e. The molecule has 32 heavy (non-hydrogen) atoms. The Morgan fingerprint density at radius 3 is 1.97 bits per heavy atom. The van der Waals surface area contributed by atoms with Gasteiger partial charge in [0.15, 0.2) is 11.6 Å². The molecular formula is C25H24N6O. The Labute approximate surface area is 186 Å². The Bertz CT molecular complexity index is 1140. The highest BCUT2D eigenvalue weighted by Gasteiger charge is 2.17. The van der Waals surface area contributed by atoms with Crippen LogP contribution in [-0.4, -0.2) is 15.9 Å². The molecule has 0 aliphatic heterocycles. The van der Waals surface area contributed by atoms with E-state index in [-0.39, 0.29) is 11.9 Å². The van der Waals surface area contributed by atoms with Crippen LogP contribution in [0.2, 0.25) is 0 Å². The van der Waals surface area contributed by atoms with Crippen LogP contribution in [0.5, 0.6) is 0 Å². The molecular weight excluding hydrogens is 400 g/mol. The molecule has 0 unspecified atom stereocenters. The van der Waals surface area contributed by atoms with Crippen LogP contribution in [0.25, 0.3) is 0 Å². The zero-order valence-electron chi connectivity index (χ0n) is 17.6. The van der Waals surface area contributed by atoms with Crippen molar-refractivity contribution in [2.24, 2.45) is 0 Å². The highest BCUT2D eigenvalue weighted by atomic mass is 16.2. The molecule has 1 amide bonds. The predicted octanol–water partition coefficient (Wildman–Crippen LogP) is 4.33. The lowest BCUT2D eigenvalue weighted by Crippen LogP contribution is -2.30. The molecule has 0 saturated carbocycles. The molecule has 1 heterocycles. The number of carbonyl (C=O) groups is 1. The summed E-state index contributed by atoms with van der Waals surface area (Å²) in [6.45, 7) is 1.97. The second-order valence-electron chi connectivity index (χ2n) is 7.33. The van der Waals surface area contributed by atoms with Crippen LogP contribution < -0.4 is 21.9 Å². The van der Waals surface area contributed by atoms with E-state index in [0.29, 0.717) is 22.9 Å². The number of aromatic nitrogens is 2. The molecule has 0 fully saturated rings. The van der Waals surface area contributed by atoms with Gasteiger partial charge in [-0.2, -0.15) is 0 Å². The largest absolute Gasteiger partial charge is 0.393 e. The van der Waals surface area contributed by atoms with Crippen molar-refractivity contribution in [3.05, 3.63) is 114 Å². The molecule has 1 aromatic heterocycles. The highest BCUT2D eigenvalue weighted by molar-refractivity contribution is 5.95. The minimum atomic E-state index is -0.288. The van der Waals surface area contributed by atoms with Crippen molar-refractivity contribution >= 4 is 23.2 Å². The molecule has 7 heteroatoms. The standard InChI is InChI=1S/C25H24N6O/c1-17-12-14-20(15-13-17)25(32)31-30-24-21(26)23(27-16-28-24)29-22(18-8-4-2-5-9-18)19-10-6-3-7-11-19/h2-16,22H,26H2,1H3,(H,31,32)(H2,27,28,29,30). The van der Waals surface area contributed by atoms with Crippen molar-refractivity contribution in [1.29, 1.82) is 0 Å². The number of hydrazine groups is 1. The predicted molar refractivity (Wildman–Crippen MR) is 127 cm³/mol. The first kappa shape index (κ1) is 20.9.